The van der Waals surface area contributed by atoms with Crippen LogP contribution in [-0.2, 0) is 0 Å². The number of benzene rings is 2. The highest BCUT2D eigenvalue weighted by atomic mass is 35.5. The van der Waals surface area contributed by atoms with Crippen molar-refractivity contribution >= 4 is 11.6 Å². The van der Waals surface area contributed by atoms with Crippen LogP contribution in [0.2, 0.25) is 5.02 Å². The summed E-state index contributed by atoms with van der Waals surface area (Å²) in [6.45, 7) is 3.80. The Morgan fingerprint density at radius 3 is 2.60 bits per heavy atom. The van der Waals surface area contributed by atoms with Gasteiger partial charge >= 0.3 is 0 Å². The number of nitrogens with two attached hydrogens (primary N) is 1. The summed E-state index contributed by atoms with van der Waals surface area (Å²) in [7, 11) is 0. The van der Waals surface area contributed by atoms with Crippen molar-refractivity contribution in [3.63, 3.8) is 0 Å². The fraction of sp³-hybridized carbons (Fsp3) is 0.188. The first-order valence-electron chi connectivity index (χ1n) is 6.25. The highest BCUT2D eigenvalue weighted by Gasteiger charge is 2.08. The molecular formula is C16H15ClN2O. The quantitative estimate of drug-likeness (QED) is 0.913. The lowest BCUT2D eigenvalue weighted by Crippen LogP contribution is -2.05. The van der Waals surface area contributed by atoms with Crippen molar-refractivity contribution in [3.05, 3.63) is 58.1 Å². The Hall–Kier alpha value is -2.02. The van der Waals surface area contributed by atoms with Crippen molar-refractivity contribution in [2.75, 3.05) is 0 Å². The van der Waals surface area contributed by atoms with Gasteiger partial charge in [-0.1, -0.05) is 23.7 Å². The van der Waals surface area contributed by atoms with Crippen molar-refractivity contribution in [3.8, 4) is 17.6 Å². The van der Waals surface area contributed by atoms with Gasteiger partial charge in [0.05, 0.1) is 11.6 Å². The summed E-state index contributed by atoms with van der Waals surface area (Å²) in [4.78, 5) is 0. The third kappa shape index (κ3) is 3.11. The van der Waals surface area contributed by atoms with Crippen LogP contribution in [-0.4, -0.2) is 0 Å². The molecule has 0 fully saturated rings. The first-order valence-corrected chi connectivity index (χ1v) is 6.62. The van der Waals surface area contributed by atoms with Crippen molar-refractivity contribution in [1.29, 1.82) is 5.26 Å². The molecular weight excluding hydrogens is 272 g/mol. The minimum absolute atomic E-state index is 0.125. The van der Waals surface area contributed by atoms with E-state index in [4.69, 9.17) is 27.3 Å². The fourth-order valence-corrected chi connectivity index (χ4v) is 2.19. The molecule has 0 saturated carbocycles. The highest BCUT2D eigenvalue weighted by molar-refractivity contribution is 6.31. The fourth-order valence-electron chi connectivity index (χ4n) is 1.85. The maximum Gasteiger partial charge on any atom is 0.131 e. The number of halogens is 1. The Morgan fingerprint density at radius 2 is 2.00 bits per heavy atom. The van der Waals surface area contributed by atoms with E-state index in [1.807, 2.05) is 32.0 Å². The van der Waals surface area contributed by atoms with Gasteiger partial charge < -0.3 is 10.5 Å². The molecule has 3 nitrogen and oxygen atoms in total. The van der Waals surface area contributed by atoms with Crippen molar-refractivity contribution in [2.45, 2.75) is 19.9 Å². The Labute approximate surface area is 123 Å². The van der Waals surface area contributed by atoms with Gasteiger partial charge in [0.1, 0.15) is 11.5 Å². The lowest BCUT2D eigenvalue weighted by molar-refractivity contribution is 0.478. The van der Waals surface area contributed by atoms with Gasteiger partial charge in [0.25, 0.3) is 0 Å². The Balaban J connectivity index is 2.31. The number of ether oxygens (including phenoxy) is 1. The molecule has 0 aliphatic carbocycles. The second kappa shape index (κ2) is 5.96. The Bertz CT molecular complexity index is 675. The molecule has 0 aliphatic rings. The zero-order valence-corrected chi connectivity index (χ0v) is 12.1. The van der Waals surface area contributed by atoms with Gasteiger partial charge in [-0.25, -0.2) is 0 Å². The topological polar surface area (TPSA) is 59.0 Å². The lowest BCUT2D eigenvalue weighted by atomic mass is 10.1. The monoisotopic (exact) mass is 286 g/mol. The molecule has 0 aliphatic heterocycles. The highest BCUT2D eigenvalue weighted by Crippen LogP contribution is 2.31. The van der Waals surface area contributed by atoms with Crippen LogP contribution in [0.5, 0.6) is 11.5 Å². The van der Waals surface area contributed by atoms with E-state index in [-0.39, 0.29) is 6.04 Å². The molecule has 2 rings (SSSR count). The van der Waals surface area contributed by atoms with E-state index >= 15 is 0 Å². The van der Waals surface area contributed by atoms with E-state index in [1.54, 1.807) is 18.2 Å². The maximum absolute atomic E-state index is 8.92. The van der Waals surface area contributed by atoms with Gasteiger partial charge in [0.2, 0.25) is 0 Å². The molecule has 1 atom stereocenters. The van der Waals surface area contributed by atoms with Crippen LogP contribution >= 0.6 is 11.6 Å². The van der Waals surface area contributed by atoms with E-state index in [0.717, 1.165) is 11.1 Å². The summed E-state index contributed by atoms with van der Waals surface area (Å²) in [6, 6.07) is 12.7. The zero-order valence-electron chi connectivity index (χ0n) is 11.4. The Morgan fingerprint density at radius 1 is 1.25 bits per heavy atom. The van der Waals surface area contributed by atoms with E-state index in [1.165, 1.54) is 0 Å². The number of nitriles is 1. The third-order valence-electron chi connectivity index (χ3n) is 3.01. The third-order valence-corrected chi connectivity index (χ3v) is 3.33. The SMILES string of the molecule is Cc1ccc(C#N)cc1Oc1ccc(C(C)N)c(Cl)c1. The molecule has 2 aromatic carbocycles. The van der Waals surface area contributed by atoms with Gasteiger partial charge in [-0.2, -0.15) is 5.26 Å². The van der Waals surface area contributed by atoms with E-state index in [0.29, 0.717) is 22.1 Å². The average Bonchev–Trinajstić information content (AvgIpc) is 2.41. The average molecular weight is 287 g/mol. The molecule has 20 heavy (non-hydrogen) atoms. The summed E-state index contributed by atoms with van der Waals surface area (Å²) in [5.41, 5.74) is 8.21. The summed E-state index contributed by atoms with van der Waals surface area (Å²) >= 11 is 6.18. The predicted molar refractivity (Wildman–Crippen MR) is 80.0 cm³/mol. The summed E-state index contributed by atoms with van der Waals surface area (Å²) in [5, 5.41) is 9.50. The Kier molecular flexibility index (Phi) is 4.29. The number of rotatable bonds is 3. The van der Waals surface area contributed by atoms with Crippen molar-refractivity contribution in [2.24, 2.45) is 5.73 Å². The molecule has 2 aromatic rings. The molecule has 0 aromatic heterocycles. The smallest absolute Gasteiger partial charge is 0.131 e. The van der Waals surface area contributed by atoms with Gasteiger partial charge in [0, 0.05) is 11.1 Å². The number of nitrogens with zero attached hydrogens (tertiary/aromatic N) is 1. The molecule has 0 radical (unpaired) electrons. The molecule has 0 amide bonds. The molecule has 0 heterocycles. The second-order valence-corrected chi connectivity index (χ2v) is 5.07. The summed E-state index contributed by atoms with van der Waals surface area (Å²) in [6.07, 6.45) is 0. The summed E-state index contributed by atoms with van der Waals surface area (Å²) in [5.74, 6) is 1.27. The number of hydrogen-bond acceptors (Lipinski definition) is 3. The summed E-state index contributed by atoms with van der Waals surface area (Å²) < 4.78 is 5.79. The molecule has 102 valence electrons. The molecule has 2 N–H and O–H groups in total. The second-order valence-electron chi connectivity index (χ2n) is 4.67. The zero-order chi connectivity index (χ0) is 14.7. The first-order chi connectivity index (χ1) is 9.51. The number of hydrogen-bond donors (Lipinski definition) is 1. The van der Waals surface area contributed by atoms with Crippen LogP contribution in [0.15, 0.2) is 36.4 Å². The van der Waals surface area contributed by atoms with Gasteiger partial charge in [-0.05, 0) is 49.2 Å². The van der Waals surface area contributed by atoms with Gasteiger partial charge in [-0.15, -0.1) is 0 Å². The molecule has 1 unspecified atom stereocenters. The van der Waals surface area contributed by atoms with E-state index in [2.05, 4.69) is 6.07 Å². The van der Waals surface area contributed by atoms with Crippen LogP contribution < -0.4 is 10.5 Å². The molecule has 0 spiro atoms. The van der Waals surface area contributed by atoms with Crippen LogP contribution in [0, 0.1) is 18.3 Å². The molecule has 0 bridgehead atoms. The minimum atomic E-state index is -0.125. The molecule has 0 saturated heterocycles. The number of aryl methyl sites for hydroxylation is 1. The normalized spacial score (nSPS) is 11.8. The first kappa shape index (κ1) is 14.4. The van der Waals surface area contributed by atoms with Crippen LogP contribution in [0.4, 0.5) is 0 Å². The maximum atomic E-state index is 8.92. The van der Waals surface area contributed by atoms with Crippen LogP contribution in [0.25, 0.3) is 0 Å². The van der Waals surface area contributed by atoms with Gasteiger partial charge in [0.15, 0.2) is 0 Å². The van der Waals surface area contributed by atoms with Gasteiger partial charge in [-0.3, -0.25) is 0 Å². The van der Waals surface area contributed by atoms with Crippen LogP contribution in [0.1, 0.15) is 29.7 Å². The van der Waals surface area contributed by atoms with Crippen molar-refractivity contribution in [1.82, 2.24) is 0 Å². The standard InChI is InChI=1S/C16H15ClN2O/c1-10-3-4-12(9-18)7-16(10)20-13-5-6-14(11(2)19)15(17)8-13/h3-8,11H,19H2,1-2H3. The van der Waals surface area contributed by atoms with E-state index in [9.17, 15) is 0 Å². The molecule has 4 heteroatoms. The van der Waals surface area contributed by atoms with E-state index < -0.39 is 0 Å². The predicted octanol–water partition coefficient (Wildman–Crippen LogP) is 4.33. The van der Waals surface area contributed by atoms with Crippen LogP contribution in [0.3, 0.4) is 0 Å². The van der Waals surface area contributed by atoms with Crippen molar-refractivity contribution < 1.29 is 4.74 Å². The minimum Gasteiger partial charge on any atom is -0.457 e. The lowest BCUT2D eigenvalue weighted by Gasteiger charge is -2.12. The largest absolute Gasteiger partial charge is 0.457 e.